The van der Waals surface area contributed by atoms with Crippen LogP contribution in [-0.2, 0) is 19.9 Å². The van der Waals surface area contributed by atoms with Crippen LogP contribution in [0.2, 0.25) is 5.02 Å². The molecule has 0 amide bonds. The highest BCUT2D eigenvalue weighted by molar-refractivity contribution is 7.94. The molecule has 0 aromatic heterocycles. The first kappa shape index (κ1) is 14.9. The Morgan fingerprint density at radius 2 is 1.83 bits per heavy atom. The number of hydrogen-bond donors (Lipinski definition) is 1. The van der Waals surface area contributed by atoms with Crippen molar-refractivity contribution in [1.29, 1.82) is 5.26 Å². The molecule has 0 aliphatic heterocycles. The molecule has 1 aromatic rings. The van der Waals surface area contributed by atoms with Crippen molar-refractivity contribution in [3.63, 3.8) is 0 Å². The topological polar surface area (TPSA) is 118 Å². The summed E-state index contributed by atoms with van der Waals surface area (Å²) in [6.45, 7) is 0. The molecule has 0 unspecified atom stereocenters. The van der Waals surface area contributed by atoms with E-state index >= 15 is 0 Å². The maximum absolute atomic E-state index is 11.9. The van der Waals surface area contributed by atoms with Crippen LogP contribution in [0.15, 0.2) is 23.1 Å². The highest BCUT2D eigenvalue weighted by atomic mass is 35.5. The van der Waals surface area contributed by atoms with Crippen molar-refractivity contribution in [2.75, 3.05) is 11.5 Å². The van der Waals surface area contributed by atoms with E-state index in [1.807, 2.05) is 0 Å². The van der Waals surface area contributed by atoms with E-state index in [2.05, 4.69) is 0 Å². The largest absolute Gasteiger partial charge is 0.229 e. The minimum atomic E-state index is -3.92. The van der Waals surface area contributed by atoms with Crippen molar-refractivity contribution in [1.82, 2.24) is 0 Å². The summed E-state index contributed by atoms with van der Waals surface area (Å²) < 4.78 is 45.3. The number of nitrogens with two attached hydrogens (primary N) is 1. The van der Waals surface area contributed by atoms with E-state index in [-0.39, 0.29) is 15.5 Å². The number of sulfonamides is 1. The van der Waals surface area contributed by atoms with Gasteiger partial charge >= 0.3 is 0 Å². The first-order valence-electron chi connectivity index (χ1n) is 4.59. The predicted molar refractivity (Wildman–Crippen MR) is 66.2 cm³/mol. The number of halogens is 1. The van der Waals surface area contributed by atoms with Crippen molar-refractivity contribution in [3.8, 4) is 6.07 Å². The van der Waals surface area contributed by atoms with Gasteiger partial charge in [0.1, 0.15) is 6.07 Å². The lowest BCUT2D eigenvalue weighted by molar-refractivity contribution is 0.588. The normalized spacial score (nSPS) is 12.1. The Labute approximate surface area is 110 Å². The molecule has 0 aliphatic carbocycles. The average Bonchev–Trinajstić information content (AvgIpc) is 2.25. The molecule has 18 heavy (non-hydrogen) atoms. The molecule has 1 rings (SSSR count). The highest BCUT2D eigenvalue weighted by Crippen LogP contribution is 2.23. The standard InChI is InChI=1S/C9H9ClN2O4S2/c10-8-2-1-3-9(7(8)6-11)17(13,14)4-5-18(12,15)16/h1-3H,4-5H2,(H2,12,15,16). The van der Waals surface area contributed by atoms with E-state index in [1.54, 1.807) is 6.07 Å². The summed E-state index contributed by atoms with van der Waals surface area (Å²) in [5.74, 6) is -1.41. The smallest absolute Gasteiger partial charge is 0.210 e. The van der Waals surface area contributed by atoms with E-state index in [4.69, 9.17) is 22.0 Å². The second-order valence-electron chi connectivity index (χ2n) is 3.41. The lowest BCUT2D eigenvalue weighted by Crippen LogP contribution is -2.23. The number of primary sulfonamides is 1. The number of nitriles is 1. The monoisotopic (exact) mass is 308 g/mol. The van der Waals surface area contributed by atoms with E-state index in [0.29, 0.717) is 0 Å². The van der Waals surface area contributed by atoms with Crippen molar-refractivity contribution in [2.24, 2.45) is 5.14 Å². The summed E-state index contributed by atoms with van der Waals surface area (Å²) >= 11 is 5.70. The molecule has 0 spiro atoms. The van der Waals surface area contributed by atoms with Gasteiger partial charge in [0.05, 0.1) is 27.0 Å². The van der Waals surface area contributed by atoms with Crippen LogP contribution in [0.1, 0.15) is 5.56 Å². The zero-order valence-corrected chi connectivity index (χ0v) is 11.4. The third-order valence-electron chi connectivity index (χ3n) is 2.06. The SMILES string of the molecule is N#Cc1c(Cl)cccc1S(=O)(=O)CCS(N)(=O)=O. The van der Waals surface area contributed by atoms with E-state index in [9.17, 15) is 16.8 Å². The predicted octanol–water partition coefficient (Wildman–Crippen LogP) is 0.274. The van der Waals surface area contributed by atoms with E-state index < -0.39 is 31.4 Å². The van der Waals surface area contributed by atoms with Gasteiger partial charge in [0.25, 0.3) is 0 Å². The number of benzene rings is 1. The Morgan fingerprint density at radius 3 is 2.33 bits per heavy atom. The Balaban J connectivity index is 3.23. The van der Waals surface area contributed by atoms with Gasteiger partial charge in [-0.1, -0.05) is 17.7 Å². The fourth-order valence-electron chi connectivity index (χ4n) is 1.21. The van der Waals surface area contributed by atoms with Crippen LogP contribution < -0.4 is 5.14 Å². The molecule has 0 bridgehead atoms. The molecule has 6 nitrogen and oxygen atoms in total. The maximum Gasteiger partial charge on any atom is 0.210 e. The van der Waals surface area contributed by atoms with Crippen molar-refractivity contribution < 1.29 is 16.8 Å². The van der Waals surface area contributed by atoms with Crippen LogP contribution in [0, 0.1) is 11.3 Å². The van der Waals surface area contributed by atoms with Gasteiger partial charge in [-0.25, -0.2) is 22.0 Å². The Bertz CT molecular complexity index is 705. The zero-order chi connectivity index (χ0) is 14.0. The molecular formula is C9H9ClN2O4S2. The van der Waals surface area contributed by atoms with Gasteiger partial charge in [-0.3, -0.25) is 0 Å². The fourth-order valence-corrected chi connectivity index (χ4v) is 4.26. The molecule has 2 N–H and O–H groups in total. The van der Waals surface area contributed by atoms with Gasteiger partial charge in [0.2, 0.25) is 10.0 Å². The van der Waals surface area contributed by atoms with Crippen LogP contribution in [0.4, 0.5) is 0 Å². The minimum absolute atomic E-state index is 0.00539. The number of rotatable bonds is 4. The molecule has 0 fully saturated rings. The van der Waals surface area contributed by atoms with Gasteiger partial charge in [0, 0.05) is 0 Å². The Morgan fingerprint density at radius 1 is 1.22 bits per heavy atom. The quantitative estimate of drug-likeness (QED) is 0.856. The van der Waals surface area contributed by atoms with Gasteiger partial charge < -0.3 is 0 Å². The van der Waals surface area contributed by atoms with Crippen LogP contribution in [0.25, 0.3) is 0 Å². The summed E-state index contributed by atoms with van der Waals surface area (Å²) in [7, 11) is -7.81. The van der Waals surface area contributed by atoms with Crippen molar-refractivity contribution >= 4 is 31.5 Å². The molecule has 0 saturated heterocycles. The molecule has 0 aliphatic rings. The average molecular weight is 309 g/mol. The second kappa shape index (κ2) is 5.24. The number of nitrogens with zero attached hydrogens (tertiary/aromatic N) is 1. The van der Waals surface area contributed by atoms with Gasteiger partial charge in [0.15, 0.2) is 9.84 Å². The molecule has 0 radical (unpaired) electrons. The van der Waals surface area contributed by atoms with E-state index in [1.165, 1.54) is 18.2 Å². The first-order valence-corrected chi connectivity index (χ1v) is 8.34. The van der Waals surface area contributed by atoms with Gasteiger partial charge in [-0.2, -0.15) is 5.26 Å². The summed E-state index contributed by atoms with van der Waals surface area (Å²) in [5, 5.41) is 13.6. The van der Waals surface area contributed by atoms with Crippen LogP contribution in [0.5, 0.6) is 0 Å². The maximum atomic E-state index is 11.9. The highest BCUT2D eigenvalue weighted by Gasteiger charge is 2.22. The summed E-state index contributed by atoms with van der Waals surface area (Å²) in [6.07, 6.45) is 0. The van der Waals surface area contributed by atoms with Gasteiger partial charge in [-0.15, -0.1) is 0 Å². The molecule has 1 aromatic carbocycles. The third kappa shape index (κ3) is 3.68. The number of hydrogen-bond acceptors (Lipinski definition) is 5. The second-order valence-corrected chi connectivity index (χ2v) is 7.63. The molecule has 9 heteroatoms. The van der Waals surface area contributed by atoms with Gasteiger partial charge in [-0.05, 0) is 12.1 Å². The minimum Gasteiger partial charge on any atom is -0.229 e. The van der Waals surface area contributed by atoms with E-state index in [0.717, 1.165) is 0 Å². The zero-order valence-electron chi connectivity index (χ0n) is 9.00. The summed E-state index contributed by atoms with van der Waals surface area (Å²) in [5.41, 5.74) is -0.200. The molecular weight excluding hydrogens is 300 g/mol. The molecule has 0 heterocycles. The van der Waals surface area contributed by atoms with Crippen LogP contribution in [0.3, 0.4) is 0 Å². The van der Waals surface area contributed by atoms with Crippen molar-refractivity contribution in [3.05, 3.63) is 28.8 Å². The summed E-state index contributed by atoms with van der Waals surface area (Å²) in [4.78, 5) is -0.291. The third-order valence-corrected chi connectivity index (χ3v) is 5.16. The van der Waals surface area contributed by atoms with Crippen LogP contribution >= 0.6 is 11.6 Å². The Hall–Kier alpha value is -1.14. The lowest BCUT2D eigenvalue weighted by atomic mass is 10.2. The lowest BCUT2D eigenvalue weighted by Gasteiger charge is -2.06. The molecule has 0 atom stereocenters. The fraction of sp³-hybridized carbons (Fsp3) is 0.222. The summed E-state index contributed by atoms with van der Waals surface area (Å²) in [6, 6.07) is 5.61. The number of sulfone groups is 1. The Kier molecular flexibility index (Phi) is 4.34. The van der Waals surface area contributed by atoms with Crippen molar-refractivity contribution in [2.45, 2.75) is 4.90 Å². The first-order chi connectivity index (χ1) is 8.17. The molecule has 98 valence electrons. The molecule has 0 saturated carbocycles. The van der Waals surface area contributed by atoms with Crippen LogP contribution in [-0.4, -0.2) is 28.3 Å².